The van der Waals surface area contributed by atoms with Gasteiger partial charge in [0.25, 0.3) is 0 Å². The standard InChI is InChI=1S/C33H34BF9O6.2C25H46N/c35-31(36,37)47-27-16-10-24(11-17-27)30(25-12-18-28(19-13-25)48-32(38,39)40,26-14-20-29(21-15-26)49-33(41,42)43)22-8-6-4-2-1-3-5-7-9-23-46-34(44)45;2*1-4-5-6-7-8-9-10-11-12-13-14-15-16-20-23-26(2,3)24-25-21-18-17-19-22-25/h10-21H,1-9,22-23H2;2*17-19,21-22H,4-16,20,23-24H2,1-3H3/q-2;2*+1. The molecule has 570 valence electrons. The molecule has 0 aliphatic carbocycles. The van der Waals surface area contributed by atoms with Crippen molar-refractivity contribution < 1.29 is 77.4 Å². The van der Waals surface area contributed by atoms with E-state index in [1.807, 2.05) is 0 Å². The summed E-state index contributed by atoms with van der Waals surface area (Å²) in [7, 11) is 7.20. The molecule has 0 N–H and O–H groups in total. The van der Waals surface area contributed by atoms with Gasteiger partial charge in [-0.3, -0.25) is 0 Å². The summed E-state index contributed by atoms with van der Waals surface area (Å²) < 4.78 is 135. The first-order valence-electron chi connectivity index (χ1n) is 38.5. The zero-order chi connectivity index (χ0) is 74.0. The molecule has 5 aromatic carbocycles. The highest BCUT2D eigenvalue weighted by Gasteiger charge is 2.39. The Morgan fingerprint density at radius 1 is 0.307 bits per heavy atom. The minimum absolute atomic E-state index is 0.119. The average Bonchev–Trinajstić information content (AvgIpc) is 0.752. The second-order valence-corrected chi connectivity index (χ2v) is 29.0. The molecular weight excluding hydrogens is 1300 g/mol. The minimum Gasteiger partial charge on any atom is -0.871 e. The van der Waals surface area contributed by atoms with Crippen LogP contribution in [0.5, 0.6) is 17.2 Å². The Bertz CT molecular complexity index is 2530. The molecule has 0 aromatic heterocycles. The van der Waals surface area contributed by atoms with Crippen LogP contribution in [0.4, 0.5) is 39.5 Å². The average molecular weight is 1430 g/mol. The third-order valence-electron chi connectivity index (χ3n) is 18.8. The van der Waals surface area contributed by atoms with Crippen molar-refractivity contribution in [1.82, 2.24) is 0 Å². The number of benzene rings is 5. The number of rotatable bonds is 53. The molecule has 0 bridgehead atoms. The predicted octanol–water partition coefficient (Wildman–Crippen LogP) is 23.8. The summed E-state index contributed by atoms with van der Waals surface area (Å²) in [6.45, 7) is 9.61. The van der Waals surface area contributed by atoms with Crippen molar-refractivity contribution in [2.24, 2.45) is 0 Å². The van der Waals surface area contributed by atoms with Gasteiger partial charge in [0.1, 0.15) is 30.3 Å². The number of nitrogens with zero attached hydrogens (tertiary/aromatic N) is 2. The van der Waals surface area contributed by atoms with Crippen molar-refractivity contribution in [3.8, 4) is 17.2 Å². The zero-order valence-corrected chi connectivity index (χ0v) is 62.4. The Balaban J connectivity index is 0.000000431. The normalized spacial score (nSPS) is 12.2. The largest absolute Gasteiger partial charge is 0.871 e. The Kier molecular flexibility index (Phi) is 46.2. The fraction of sp³-hybridized carbons (Fsp3) is 0.639. The van der Waals surface area contributed by atoms with Gasteiger partial charge in [-0.25, -0.2) is 0 Å². The summed E-state index contributed by atoms with van der Waals surface area (Å²) in [5.41, 5.74) is 2.94. The molecule has 18 heteroatoms. The predicted molar refractivity (Wildman–Crippen MR) is 392 cm³/mol. The van der Waals surface area contributed by atoms with Gasteiger partial charge < -0.3 is 37.9 Å². The molecule has 0 atom stereocenters. The number of halogens is 9. The number of alkyl halides is 9. The highest BCUT2D eigenvalue weighted by Crippen LogP contribution is 2.46. The van der Waals surface area contributed by atoms with Crippen LogP contribution in [-0.4, -0.2) is 83.3 Å². The summed E-state index contributed by atoms with van der Waals surface area (Å²) in [5, 5.41) is 20.7. The second kappa shape index (κ2) is 51.8. The van der Waals surface area contributed by atoms with Crippen LogP contribution >= 0.6 is 0 Å². The molecule has 8 nitrogen and oxygen atoms in total. The number of hydrogen-bond acceptors (Lipinski definition) is 6. The van der Waals surface area contributed by atoms with Crippen molar-refractivity contribution in [2.75, 3.05) is 47.9 Å². The third-order valence-corrected chi connectivity index (χ3v) is 18.8. The third kappa shape index (κ3) is 45.6. The van der Waals surface area contributed by atoms with Gasteiger partial charge in [-0.2, -0.15) is 0 Å². The Morgan fingerprint density at radius 2 is 0.545 bits per heavy atom. The molecule has 0 heterocycles. The molecule has 101 heavy (non-hydrogen) atoms. The SMILES string of the molecule is CCCCCCCCCCCCCCCC[N+](C)(C)Cc1ccccc1.CCCCCCCCCCCCCCCC[N+](C)(C)Cc1ccccc1.[O-]B([O-])OCCCCCCCCCCCC(c1ccc(OC(F)(F)F)cc1)(c1ccc(OC(F)(F)F)cc1)c1ccc(OC(F)(F)F)cc1. The Hall–Kier alpha value is -5.27. The monoisotopic (exact) mass is 1430 g/mol. The molecule has 0 amide bonds. The Morgan fingerprint density at radius 3 is 0.792 bits per heavy atom. The van der Waals surface area contributed by atoms with Gasteiger partial charge in [-0.15, -0.1) is 39.5 Å². The quantitative estimate of drug-likeness (QED) is 0.0127. The van der Waals surface area contributed by atoms with Crippen molar-refractivity contribution in [1.29, 1.82) is 0 Å². The van der Waals surface area contributed by atoms with Crippen LogP contribution in [0.15, 0.2) is 133 Å². The fourth-order valence-corrected chi connectivity index (χ4v) is 13.4. The van der Waals surface area contributed by atoms with Crippen LogP contribution < -0.4 is 24.3 Å². The molecule has 0 radical (unpaired) electrons. The molecule has 0 aliphatic rings. The van der Waals surface area contributed by atoms with Crippen LogP contribution in [-0.2, 0) is 23.2 Å². The van der Waals surface area contributed by atoms with Crippen molar-refractivity contribution in [3.63, 3.8) is 0 Å². The minimum atomic E-state index is -4.96. The first kappa shape index (κ1) is 89.9. The van der Waals surface area contributed by atoms with Gasteiger partial charge in [0.15, 0.2) is 0 Å². The molecule has 0 unspecified atom stereocenters. The topological polar surface area (TPSA) is 83.0 Å². The van der Waals surface area contributed by atoms with E-state index >= 15 is 0 Å². The van der Waals surface area contributed by atoms with E-state index in [1.165, 1.54) is 240 Å². The van der Waals surface area contributed by atoms with E-state index in [0.717, 1.165) is 97.0 Å². The van der Waals surface area contributed by atoms with E-state index in [-0.39, 0.29) is 13.0 Å². The van der Waals surface area contributed by atoms with E-state index < -0.39 is 49.1 Å². The summed E-state index contributed by atoms with van der Waals surface area (Å²) >= 11 is 0. The smallest absolute Gasteiger partial charge is 0.573 e. The highest BCUT2D eigenvalue weighted by atomic mass is 19.4. The summed E-state index contributed by atoms with van der Waals surface area (Å²) in [6.07, 6.45) is 32.8. The van der Waals surface area contributed by atoms with Gasteiger partial charge in [-0.1, -0.05) is 316 Å². The maximum absolute atomic E-state index is 12.9. The zero-order valence-electron chi connectivity index (χ0n) is 62.4. The number of unbranched alkanes of at least 4 members (excludes halogenated alkanes) is 34. The fourth-order valence-electron chi connectivity index (χ4n) is 13.4. The van der Waals surface area contributed by atoms with Gasteiger partial charge in [-0.05, 0) is 91.6 Å². The van der Waals surface area contributed by atoms with Gasteiger partial charge in [0, 0.05) is 23.1 Å². The second-order valence-electron chi connectivity index (χ2n) is 29.0. The van der Waals surface area contributed by atoms with E-state index in [1.54, 1.807) is 0 Å². The molecule has 0 saturated heterocycles. The molecule has 0 saturated carbocycles. The first-order chi connectivity index (χ1) is 48.2. The summed E-state index contributed by atoms with van der Waals surface area (Å²) in [4.78, 5) is 0. The van der Waals surface area contributed by atoms with E-state index in [0.29, 0.717) is 36.0 Å². The number of ether oxygens (including phenoxy) is 3. The van der Waals surface area contributed by atoms with E-state index in [2.05, 4.69) is 122 Å². The lowest BCUT2D eigenvalue weighted by molar-refractivity contribution is -0.903. The lowest BCUT2D eigenvalue weighted by Crippen LogP contribution is -2.47. The van der Waals surface area contributed by atoms with E-state index in [9.17, 15) is 49.6 Å². The molecule has 5 aromatic rings. The van der Waals surface area contributed by atoms with Crippen molar-refractivity contribution in [3.05, 3.63) is 161 Å². The summed E-state index contributed by atoms with van der Waals surface area (Å²) in [6, 6.07) is 36.6. The van der Waals surface area contributed by atoms with Gasteiger partial charge in [0.05, 0.1) is 48.6 Å². The van der Waals surface area contributed by atoms with Crippen molar-refractivity contribution in [2.45, 2.75) is 295 Å². The molecule has 0 aliphatic heterocycles. The van der Waals surface area contributed by atoms with Crippen LogP contribution in [0.3, 0.4) is 0 Å². The molecule has 0 fully saturated rings. The lowest BCUT2D eigenvalue weighted by atomic mass is 9.66. The van der Waals surface area contributed by atoms with Gasteiger partial charge >= 0.3 is 19.1 Å². The van der Waals surface area contributed by atoms with Crippen molar-refractivity contribution >= 4 is 7.32 Å². The van der Waals surface area contributed by atoms with E-state index in [4.69, 9.17) is 0 Å². The summed E-state index contributed by atoms with van der Waals surface area (Å²) in [5.74, 6) is -1.54. The number of hydrogen-bond donors (Lipinski definition) is 0. The Labute approximate surface area is 603 Å². The first-order valence-corrected chi connectivity index (χ1v) is 38.5. The molecule has 0 spiro atoms. The maximum atomic E-state index is 12.9. The van der Waals surface area contributed by atoms with Crippen LogP contribution in [0, 0.1) is 0 Å². The molecule has 5 rings (SSSR count). The van der Waals surface area contributed by atoms with Gasteiger partial charge in [0.2, 0.25) is 0 Å². The van der Waals surface area contributed by atoms with Crippen LogP contribution in [0.25, 0.3) is 0 Å². The van der Waals surface area contributed by atoms with Crippen LogP contribution in [0.2, 0.25) is 0 Å². The number of quaternary nitrogens is 2. The van der Waals surface area contributed by atoms with Crippen LogP contribution in [0.1, 0.15) is 286 Å². The lowest BCUT2D eigenvalue weighted by Gasteiger charge is -2.36. The highest BCUT2D eigenvalue weighted by molar-refractivity contribution is 6.28. The molecular formula is C83H126BF9N2O6. The maximum Gasteiger partial charge on any atom is 0.573 e.